The van der Waals surface area contributed by atoms with E-state index < -0.39 is 0 Å². The van der Waals surface area contributed by atoms with E-state index >= 15 is 0 Å². The average molecular weight is 292 g/mol. The van der Waals surface area contributed by atoms with Crippen LogP contribution >= 0.6 is 22.7 Å². The van der Waals surface area contributed by atoms with Crippen LogP contribution in [0, 0.1) is 27.7 Å². The molecule has 2 heterocycles. The number of methoxy groups -OCH3 is 1. The van der Waals surface area contributed by atoms with Crippen molar-refractivity contribution >= 4 is 28.6 Å². The largest absolute Gasteiger partial charge is 0.468 e. The molecule has 0 amide bonds. The molecule has 0 spiro atoms. The second-order valence-corrected chi connectivity index (χ2v) is 7.82. The first-order chi connectivity index (χ1) is 8.97. The lowest BCUT2D eigenvalue weighted by Crippen LogP contribution is -2.13. The summed E-state index contributed by atoms with van der Waals surface area (Å²) in [4.78, 5) is 17.3. The summed E-state index contributed by atoms with van der Waals surface area (Å²) in [5, 5.41) is 0. The molecule has 0 N–H and O–H groups in total. The molecule has 4 heteroatoms. The van der Waals surface area contributed by atoms with Crippen LogP contribution in [-0.4, -0.2) is 13.1 Å². The lowest BCUT2D eigenvalue weighted by Gasteiger charge is -2.11. The molecule has 2 nitrogen and oxygen atoms in total. The van der Waals surface area contributed by atoms with Gasteiger partial charge in [0.05, 0.1) is 7.11 Å². The Bertz CT molecular complexity index is 639. The molecule has 3 rings (SSSR count). The Hall–Kier alpha value is -1.13. The van der Waals surface area contributed by atoms with Crippen LogP contribution in [0.25, 0.3) is 11.1 Å². The van der Waals surface area contributed by atoms with Gasteiger partial charge in [-0.25, -0.2) is 0 Å². The van der Waals surface area contributed by atoms with Crippen LogP contribution in [0.15, 0.2) is 0 Å². The SMILES string of the molecule is COC(=O)C1c2c(C)sc(C)c2-c2c(C)sc(C)c21. The first-order valence-electron chi connectivity index (χ1n) is 6.25. The Balaban J connectivity index is 2.38. The maximum atomic E-state index is 12.2. The summed E-state index contributed by atoms with van der Waals surface area (Å²) in [6.45, 7) is 8.50. The molecule has 2 aromatic rings. The summed E-state index contributed by atoms with van der Waals surface area (Å²) < 4.78 is 5.05. The average Bonchev–Trinajstić information content (AvgIpc) is 2.93. The van der Waals surface area contributed by atoms with Gasteiger partial charge in [0.25, 0.3) is 0 Å². The van der Waals surface area contributed by atoms with Gasteiger partial charge in [0.1, 0.15) is 5.92 Å². The summed E-state index contributed by atoms with van der Waals surface area (Å²) in [6.07, 6.45) is 0. The van der Waals surface area contributed by atoms with Gasteiger partial charge >= 0.3 is 5.97 Å². The number of fused-ring (bicyclic) bond motifs is 3. The normalized spacial score (nSPS) is 13.5. The lowest BCUT2D eigenvalue weighted by atomic mass is 9.97. The molecule has 0 unspecified atom stereocenters. The van der Waals surface area contributed by atoms with E-state index in [1.165, 1.54) is 48.9 Å². The van der Waals surface area contributed by atoms with Crippen LogP contribution in [0.3, 0.4) is 0 Å². The van der Waals surface area contributed by atoms with Gasteiger partial charge in [0, 0.05) is 30.6 Å². The molecule has 19 heavy (non-hydrogen) atoms. The van der Waals surface area contributed by atoms with Crippen LogP contribution in [0.2, 0.25) is 0 Å². The second-order valence-electron chi connectivity index (χ2n) is 4.96. The van der Waals surface area contributed by atoms with Crippen LogP contribution in [0.5, 0.6) is 0 Å². The maximum absolute atomic E-state index is 12.2. The molecule has 100 valence electrons. The van der Waals surface area contributed by atoms with E-state index in [1.54, 1.807) is 22.7 Å². The standard InChI is InChI=1S/C15H16O2S2/c1-6-10-11-7(2)19-9(4)13(11)14(15(16)17-5)12(10)8(3)18-6/h14H,1-5H3. The van der Waals surface area contributed by atoms with E-state index in [9.17, 15) is 4.79 Å². The number of carbonyl (C=O) groups excluding carboxylic acids is 1. The number of hydrogen-bond donors (Lipinski definition) is 0. The Morgan fingerprint density at radius 2 is 1.32 bits per heavy atom. The van der Waals surface area contributed by atoms with E-state index in [2.05, 4.69) is 27.7 Å². The number of rotatable bonds is 1. The first kappa shape index (κ1) is 12.9. The van der Waals surface area contributed by atoms with Gasteiger partial charge in [-0.2, -0.15) is 0 Å². The second kappa shape index (κ2) is 4.18. The highest BCUT2D eigenvalue weighted by Crippen LogP contribution is 2.55. The minimum Gasteiger partial charge on any atom is -0.468 e. The van der Waals surface area contributed by atoms with Crippen LogP contribution in [0.1, 0.15) is 36.6 Å². The third kappa shape index (κ3) is 1.56. The number of hydrogen-bond acceptors (Lipinski definition) is 4. The van der Waals surface area contributed by atoms with Crippen molar-refractivity contribution in [1.82, 2.24) is 0 Å². The fourth-order valence-electron chi connectivity index (χ4n) is 3.22. The van der Waals surface area contributed by atoms with Gasteiger partial charge < -0.3 is 4.74 Å². The van der Waals surface area contributed by atoms with Gasteiger partial charge in [-0.15, -0.1) is 22.7 Å². The molecule has 1 aliphatic carbocycles. The zero-order valence-electron chi connectivity index (χ0n) is 11.7. The third-order valence-corrected chi connectivity index (χ3v) is 5.95. The quantitative estimate of drug-likeness (QED) is 0.731. The zero-order valence-corrected chi connectivity index (χ0v) is 13.3. The Morgan fingerprint density at radius 1 is 0.895 bits per heavy atom. The number of thiophene rings is 2. The maximum Gasteiger partial charge on any atom is 0.317 e. The first-order valence-corrected chi connectivity index (χ1v) is 7.88. The van der Waals surface area contributed by atoms with Crippen molar-refractivity contribution in [3.05, 3.63) is 30.6 Å². The van der Waals surface area contributed by atoms with E-state index in [0.29, 0.717) is 0 Å². The third-order valence-electron chi connectivity index (χ3n) is 3.88. The number of esters is 1. The summed E-state index contributed by atoms with van der Waals surface area (Å²) in [7, 11) is 1.48. The summed E-state index contributed by atoms with van der Waals surface area (Å²) in [6, 6.07) is 0. The van der Waals surface area contributed by atoms with Crippen molar-refractivity contribution in [2.24, 2.45) is 0 Å². The van der Waals surface area contributed by atoms with Crippen LogP contribution < -0.4 is 0 Å². The van der Waals surface area contributed by atoms with Crippen molar-refractivity contribution < 1.29 is 9.53 Å². The monoisotopic (exact) mass is 292 g/mol. The van der Waals surface area contributed by atoms with E-state index in [0.717, 1.165) is 0 Å². The molecule has 0 fully saturated rings. The molecular weight excluding hydrogens is 276 g/mol. The highest BCUT2D eigenvalue weighted by atomic mass is 32.1. The van der Waals surface area contributed by atoms with Crippen molar-refractivity contribution in [2.45, 2.75) is 33.6 Å². The Morgan fingerprint density at radius 3 is 1.68 bits per heavy atom. The summed E-state index contributed by atoms with van der Waals surface area (Å²) >= 11 is 3.56. The van der Waals surface area contributed by atoms with Crippen molar-refractivity contribution in [1.29, 1.82) is 0 Å². The summed E-state index contributed by atoms with van der Waals surface area (Å²) in [5.41, 5.74) is 4.93. The van der Waals surface area contributed by atoms with Gasteiger partial charge in [0.15, 0.2) is 0 Å². The van der Waals surface area contributed by atoms with Crippen molar-refractivity contribution in [2.75, 3.05) is 7.11 Å². The number of ether oxygens (including phenoxy) is 1. The fourth-order valence-corrected chi connectivity index (χ4v) is 5.42. The topological polar surface area (TPSA) is 26.3 Å². The molecule has 0 radical (unpaired) electrons. The van der Waals surface area contributed by atoms with Gasteiger partial charge in [0.2, 0.25) is 0 Å². The molecule has 1 aliphatic rings. The molecule has 0 saturated heterocycles. The van der Waals surface area contributed by atoms with Crippen LogP contribution in [-0.2, 0) is 9.53 Å². The number of carbonyl (C=O) groups is 1. The van der Waals surface area contributed by atoms with Gasteiger partial charge in [-0.1, -0.05) is 0 Å². The highest BCUT2D eigenvalue weighted by Gasteiger charge is 2.41. The van der Waals surface area contributed by atoms with Crippen molar-refractivity contribution in [3.63, 3.8) is 0 Å². The molecule has 0 saturated carbocycles. The minimum absolute atomic E-state index is 0.137. The number of aryl methyl sites for hydroxylation is 4. The predicted molar refractivity (Wildman–Crippen MR) is 80.4 cm³/mol. The van der Waals surface area contributed by atoms with Gasteiger partial charge in [-0.05, 0) is 38.8 Å². The van der Waals surface area contributed by atoms with Crippen LogP contribution in [0.4, 0.5) is 0 Å². The Labute approximate surface area is 121 Å². The van der Waals surface area contributed by atoms with Crippen molar-refractivity contribution in [3.8, 4) is 11.1 Å². The molecule has 0 bridgehead atoms. The smallest absolute Gasteiger partial charge is 0.317 e. The highest BCUT2D eigenvalue weighted by molar-refractivity contribution is 7.13. The van der Waals surface area contributed by atoms with Gasteiger partial charge in [-0.3, -0.25) is 4.79 Å². The molecule has 0 atom stereocenters. The van der Waals surface area contributed by atoms with E-state index in [4.69, 9.17) is 4.74 Å². The summed E-state index contributed by atoms with van der Waals surface area (Å²) in [5.74, 6) is -0.355. The minimum atomic E-state index is -0.218. The molecular formula is C15H16O2S2. The molecule has 0 aromatic carbocycles. The van der Waals surface area contributed by atoms with E-state index in [-0.39, 0.29) is 11.9 Å². The fraction of sp³-hybridized carbons (Fsp3) is 0.400. The Kier molecular flexibility index (Phi) is 2.84. The zero-order chi connectivity index (χ0) is 13.9. The predicted octanol–water partition coefficient (Wildman–Crippen LogP) is 4.33. The lowest BCUT2D eigenvalue weighted by molar-refractivity contribution is -0.141. The molecule has 0 aliphatic heterocycles. The van der Waals surface area contributed by atoms with E-state index in [1.807, 2.05) is 0 Å². The molecule has 2 aromatic heterocycles.